The first kappa shape index (κ1) is 6.48. The average molecular weight is 188 g/mol. The van der Waals surface area contributed by atoms with E-state index in [9.17, 15) is 0 Å². The number of aryl methyl sites for hydroxylation is 1. The van der Waals surface area contributed by atoms with Gasteiger partial charge in [0.25, 0.3) is 0 Å². The van der Waals surface area contributed by atoms with E-state index in [2.05, 4.69) is 26.1 Å². The van der Waals surface area contributed by atoms with E-state index in [-0.39, 0.29) is 0 Å². The fraction of sp³-hybridized carbons (Fsp3) is 0.200. The minimum atomic E-state index is 0.613. The summed E-state index contributed by atoms with van der Waals surface area (Å²) in [6.45, 7) is 1.88. The number of nitrogens with two attached hydrogens (primary N) is 1. The van der Waals surface area contributed by atoms with E-state index in [1.54, 1.807) is 6.20 Å². The highest BCUT2D eigenvalue weighted by Crippen LogP contribution is 2.17. The van der Waals surface area contributed by atoms with E-state index >= 15 is 0 Å². The molecule has 1 aromatic rings. The fourth-order valence-corrected chi connectivity index (χ4v) is 0.857. The third-order valence-corrected chi connectivity index (χ3v) is 1.63. The van der Waals surface area contributed by atoms with E-state index in [1.165, 1.54) is 0 Å². The molecule has 4 heteroatoms. The standard InChI is InChI=1S/C5H6BrN3/c1-3-2-8-9-5(6)4(3)7/h2H,1H3,(H2,7,8). The number of nitrogens with zero attached hydrogens (tertiary/aromatic N) is 2. The van der Waals surface area contributed by atoms with Gasteiger partial charge in [0, 0.05) is 0 Å². The molecule has 0 aliphatic carbocycles. The predicted molar refractivity (Wildman–Crippen MR) is 38.9 cm³/mol. The normalized spacial score (nSPS) is 9.56. The molecule has 0 spiro atoms. The minimum Gasteiger partial charge on any atom is -0.396 e. The third-order valence-electron chi connectivity index (χ3n) is 1.04. The summed E-state index contributed by atoms with van der Waals surface area (Å²) in [6.07, 6.45) is 1.63. The largest absolute Gasteiger partial charge is 0.396 e. The van der Waals surface area contributed by atoms with Crippen LogP contribution in [0.15, 0.2) is 10.8 Å². The molecule has 0 aliphatic rings. The van der Waals surface area contributed by atoms with Crippen LogP contribution in [0.4, 0.5) is 5.69 Å². The number of hydrogen-bond acceptors (Lipinski definition) is 3. The summed E-state index contributed by atoms with van der Waals surface area (Å²) >= 11 is 3.15. The van der Waals surface area contributed by atoms with Gasteiger partial charge in [-0.15, -0.1) is 5.10 Å². The Kier molecular flexibility index (Phi) is 1.66. The molecule has 0 amide bonds. The molecule has 1 heterocycles. The van der Waals surface area contributed by atoms with Crippen LogP contribution in [0, 0.1) is 6.92 Å². The van der Waals surface area contributed by atoms with Crippen molar-refractivity contribution in [2.24, 2.45) is 0 Å². The lowest BCUT2D eigenvalue weighted by molar-refractivity contribution is 0.994. The van der Waals surface area contributed by atoms with E-state index in [0.29, 0.717) is 10.3 Å². The Morgan fingerprint density at radius 1 is 1.67 bits per heavy atom. The SMILES string of the molecule is Cc1cnnc(Br)c1N. The van der Waals surface area contributed by atoms with E-state index in [4.69, 9.17) is 5.73 Å². The van der Waals surface area contributed by atoms with Gasteiger partial charge in [-0.2, -0.15) is 5.10 Å². The van der Waals surface area contributed by atoms with Gasteiger partial charge >= 0.3 is 0 Å². The summed E-state index contributed by atoms with van der Waals surface area (Å²) in [5.41, 5.74) is 7.13. The second-order valence-electron chi connectivity index (χ2n) is 1.73. The molecule has 1 aromatic heterocycles. The van der Waals surface area contributed by atoms with Crippen LogP contribution >= 0.6 is 15.9 Å². The number of nitrogen functional groups attached to an aromatic ring is 1. The lowest BCUT2D eigenvalue weighted by Crippen LogP contribution is -1.94. The molecule has 0 atom stereocenters. The van der Waals surface area contributed by atoms with Gasteiger partial charge in [0.2, 0.25) is 0 Å². The van der Waals surface area contributed by atoms with Crippen LogP contribution in [0.5, 0.6) is 0 Å². The molecule has 3 nitrogen and oxygen atoms in total. The first-order valence-electron chi connectivity index (χ1n) is 2.45. The number of halogens is 1. The molecular formula is C5H6BrN3. The Balaban J connectivity index is 3.25. The van der Waals surface area contributed by atoms with Crippen molar-refractivity contribution in [1.82, 2.24) is 10.2 Å². The number of anilines is 1. The van der Waals surface area contributed by atoms with Gasteiger partial charge in [-0.3, -0.25) is 0 Å². The number of rotatable bonds is 0. The van der Waals surface area contributed by atoms with Gasteiger partial charge in [0.15, 0.2) is 4.60 Å². The van der Waals surface area contributed by atoms with Crippen LogP contribution in [0.3, 0.4) is 0 Å². The summed E-state index contributed by atoms with van der Waals surface area (Å²) < 4.78 is 0.613. The second kappa shape index (κ2) is 2.31. The summed E-state index contributed by atoms with van der Waals surface area (Å²) in [5, 5.41) is 7.35. The van der Waals surface area contributed by atoms with E-state index < -0.39 is 0 Å². The molecule has 0 bridgehead atoms. The summed E-state index contributed by atoms with van der Waals surface area (Å²) in [5.74, 6) is 0. The van der Waals surface area contributed by atoms with Crippen molar-refractivity contribution in [3.8, 4) is 0 Å². The quantitative estimate of drug-likeness (QED) is 0.663. The maximum absolute atomic E-state index is 5.53. The zero-order valence-electron chi connectivity index (χ0n) is 4.93. The summed E-state index contributed by atoms with van der Waals surface area (Å²) in [7, 11) is 0. The molecule has 0 saturated heterocycles. The van der Waals surface area contributed by atoms with Crippen molar-refractivity contribution in [2.45, 2.75) is 6.92 Å². The highest BCUT2D eigenvalue weighted by atomic mass is 79.9. The third kappa shape index (κ3) is 1.18. The highest BCUT2D eigenvalue weighted by Gasteiger charge is 1.97. The van der Waals surface area contributed by atoms with Gasteiger partial charge in [-0.25, -0.2) is 0 Å². The van der Waals surface area contributed by atoms with Crippen molar-refractivity contribution in [2.75, 3.05) is 5.73 Å². The first-order chi connectivity index (χ1) is 4.22. The molecule has 2 N–H and O–H groups in total. The molecule has 0 fully saturated rings. The van der Waals surface area contributed by atoms with Crippen LogP contribution in [0.1, 0.15) is 5.56 Å². The number of aromatic nitrogens is 2. The lowest BCUT2D eigenvalue weighted by Gasteiger charge is -1.96. The molecule has 0 aromatic carbocycles. The molecule has 48 valence electrons. The van der Waals surface area contributed by atoms with Gasteiger partial charge in [0.05, 0.1) is 11.9 Å². The first-order valence-corrected chi connectivity index (χ1v) is 3.24. The minimum absolute atomic E-state index is 0.613. The second-order valence-corrected chi connectivity index (χ2v) is 2.48. The molecule has 0 radical (unpaired) electrons. The van der Waals surface area contributed by atoms with Crippen LogP contribution in [0.2, 0.25) is 0 Å². The summed E-state index contributed by atoms with van der Waals surface area (Å²) in [4.78, 5) is 0. The Morgan fingerprint density at radius 2 is 2.33 bits per heavy atom. The maximum atomic E-state index is 5.53. The lowest BCUT2D eigenvalue weighted by atomic mass is 10.3. The molecule has 1 rings (SSSR count). The monoisotopic (exact) mass is 187 g/mol. The fourth-order valence-electron chi connectivity index (χ4n) is 0.452. The molecular weight excluding hydrogens is 182 g/mol. The van der Waals surface area contributed by atoms with Gasteiger partial charge < -0.3 is 5.73 Å². The van der Waals surface area contributed by atoms with Gasteiger partial charge in [0.1, 0.15) is 0 Å². The Bertz CT molecular complexity index is 203. The van der Waals surface area contributed by atoms with Gasteiger partial charge in [-0.05, 0) is 28.4 Å². The van der Waals surface area contributed by atoms with Gasteiger partial charge in [-0.1, -0.05) is 0 Å². The molecule has 0 saturated carbocycles. The van der Waals surface area contributed by atoms with Crippen LogP contribution in [-0.4, -0.2) is 10.2 Å². The smallest absolute Gasteiger partial charge is 0.151 e. The van der Waals surface area contributed by atoms with Crippen molar-refractivity contribution < 1.29 is 0 Å². The van der Waals surface area contributed by atoms with Crippen LogP contribution in [-0.2, 0) is 0 Å². The zero-order chi connectivity index (χ0) is 6.85. The highest BCUT2D eigenvalue weighted by molar-refractivity contribution is 9.10. The Morgan fingerprint density at radius 3 is 2.78 bits per heavy atom. The van der Waals surface area contributed by atoms with Crippen LogP contribution in [0.25, 0.3) is 0 Å². The molecule has 9 heavy (non-hydrogen) atoms. The average Bonchev–Trinajstić information content (AvgIpc) is 1.83. The van der Waals surface area contributed by atoms with Crippen molar-refractivity contribution in [3.05, 3.63) is 16.4 Å². The summed E-state index contributed by atoms with van der Waals surface area (Å²) in [6, 6.07) is 0. The topological polar surface area (TPSA) is 51.8 Å². The van der Waals surface area contributed by atoms with E-state index in [0.717, 1.165) is 5.56 Å². The van der Waals surface area contributed by atoms with Crippen molar-refractivity contribution >= 4 is 21.6 Å². The van der Waals surface area contributed by atoms with Crippen molar-refractivity contribution in [1.29, 1.82) is 0 Å². The Labute approximate surface area is 61.4 Å². The zero-order valence-corrected chi connectivity index (χ0v) is 6.51. The molecule has 0 aliphatic heterocycles. The number of hydrogen-bond donors (Lipinski definition) is 1. The van der Waals surface area contributed by atoms with Crippen molar-refractivity contribution in [3.63, 3.8) is 0 Å². The Hall–Kier alpha value is -0.640. The van der Waals surface area contributed by atoms with Crippen LogP contribution < -0.4 is 5.73 Å². The maximum Gasteiger partial charge on any atom is 0.151 e. The predicted octanol–water partition coefficient (Wildman–Crippen LogP) is 1.13. The van der Waals surface area contributed by atoms with E-state index in [1.807, 2.05) is 6.92 Å². The molecule has 0 unspecified atom stereocenters.